The van der Waals surface area contributed by atoms with Crippen LogP contribution in [-0.4, -0.2) is 41.7 Å². The first-order valence-corrected chi connectivity index (χ1v) is 7.26. The van der Waals surface area contributed by atoms with Crippen molar-refractivity contribution in [3.8, 4) is 5.75 Å². The summed E-state index contributed by atoms with van der Waals surface area (Å²) >= 11 is 0. The van der Waals surface area contributed by atoms with E-state index in [1.165, 1.54) is 6.42 Å². The maximum Gasteiger partial charge on any atom is 0.317 e. The van der Waals surface area contributed by atoms with Gasteiger partial charge in [0.2, 0.25) is 0 Å². The Kier molecular flexibility index (Phi) is 5.21. The molecule has 110 valence electrons. The third-order valence-corrected chi connectivity index (χ3v) is 3.92. The highest BCUT2D eigenvalue weighted by Gasteiger charge is 2.27. The molecule has 1 aromatic rings. The van der Waals surface area contributed by atoms with E-state index < -0.39 is 0 Å². The lowest BCUT2D eigenvalue weighted by molar-refractivity contribution is 0.127. The molecule has 0 radical (unpaired) electrons. The van der Waals surface area contributed by atoms with E-state index in [0.717, 1.165) is 18.7 Å². The molecule has 0 aliphatic carbocycles. The zero-order chi connectivity index (χ0) is 14.4. The fourth-order valence-electron chi connectivity index (χ4n) is 2.48. The van der Waals surface area contributed by atoms with Crippen LogP contribution in [0.5, 0.6) is 5.75 Å². The van der Waals surface area contributed by atoms with E-state index in [9.17, 15) is 4.79 Å². The van der Waals surface area contributed by atoms with Gasteiger partial charge in [-0.1, -0.05) is 6.92 Å². The van der Waals surface area contributed by atoms with Crippen molar-refractivity contribution in [1.82, 2.24) is 15.2 Å². The molecule has 0 aromatic carbocycles. The average Bonchev–Trinajstić information content (AvgIpc) is 2.47. The van der Waals surface area contributed by atoms with Gasteiger partial charge in [0, 0.05) is 18.8 Å². The number of rotatable bonds is 4. The number of nitrogens with one attached hydrogen (secondary N) is 1. The molecule has 2 unspecified atom stereocenters. The molecule has 1 fully saturated rings. The number of amides is 2. The van der Waals surface area contributed by atoms with Crippen LogP contribution in [0.3, 0.4) is 0 Å². The van der Waals surface area contributed by atoms with Gasteiger partial charge in [-0.15, -0.1) is 0 Å². The summed E-state index contributed by atoms with van der Waals surface area (Å²) in [6, 6.07) is 4.00. The monoisotopic (exact) mass is 277 g/mol. The Labute approximate surface area is 120 Å². The molecule has 1 saturated heterocycles. The number of hydrogen-bond acceptors (Lipinski definition) is 3. The Hall–Kier alpha value is -1.78. The van der Waals surface area contributed by atoms with Crippen molar-refractivity contribution in [2.24, 2.45) is 5.92 Å². The zero-order valence-electron chi connectivity index (χ0n) is 12.2. The predicted molar refractivity (Wildman–Crippen MR) is 77.7 cm³/mol. The van der Waals surface area contributed by atoms with E-state index in [2.05, 4.69) is 24.1 Å². The quantitative estimate of drug-likeness (QED) is 0.859. The van der Waals surface area contributed by atoms with Gasteiger partial charge in [-0.3, -0.25) is 4.98 Å². The lowest BCUT2D eigenvalue weighted by Gasteiger charge is -2.37. The lowest BCUT2D eigenvalue weighted by Crippen LogP contribution is -2.50. The first-order valence-electron chi connectivity index (χ1n) is 7.26. The summed E-state index contributed by atoms with van der Waals surface area (Å²) in [5.74, 6) is 1.29. The minimum atomic E-state index is 0.0128. The van der Waals surface area contributed by atoms with Crippen molar-refractivity contribution in [3.63, 3.8) is 0 Å². The Morgan fingerprint density at radius 2 is 2.40 bits per heavy atom. The molecule has 5 nitrogen and oxygen atoms in total. The fourth-order valence-corrected chi connectivity index (χ4v) is 2.48. The van der Waals surface area contributed by atoms with Crippen molar-refractivity contribution >= 4 is 6.03 Å². The second-order valence-electron chi connectivity index (χ2n) is 5.32. The van der Waals surface area contributed by atoms with Gasteiger partial charge >= 0.3 is 6.03 Å². The predicted octanol–water partition coefficient (Wildman–Crippen LogP) is 2.29. The molecular formula is C15H23N3O2. The van der Waals surface area contributed by atoms with Crippen LogP contribution in [-0.2, 0) is 0 Å². The van der Waals surface area contributed by atoms with Crippen molar-refractivity contribution < 1.29 is 9.53 Å². The normalized spacial score (nSPS) is 22.4. The van der Waals surface area contributed by atoms with Crippen LogP contribution in [0.15, 0.2) is 24.5 Å². The van der Waals surface area contributed by atoms with Gasteiger partial charge < -0.3 is 15.0 Å². The van der Waals surface area contributed by atoms with E-state index in [1.54, 1.807) is 12.4 Å². The number of carbonyl (C=O) groups excluding carboxylic acids is 1. The summed E-state index contributed by atoms with van der Waals surface area (Å²) in [7, 11) is 0. The van der Waals surface area contributed by atoms with Crippen molar-refractivity contribution in [2.45, 2.75) is 32.7 Å². The number of nitrogens with zero attached hydrogens (tertiary/aromatic N) is 2. The molecule has 1 N–H and O–H groups in total. The molecular weight excluding hydrogens is 254 g/mol. The second kappa shape index (κ2) is 7.12. The topological polar surface area (TPSA) is 54.5 Å². The molecule has 1 aromatic heterocycles. The van der Waals surface area contributed by atoms with E-state index in [-0.39, 0.29) is 6.03 Å². The van der Waals surface area contributed by atoms with Crippen LogP contribution in [0.1, 0.15) is 26.7 Å². The standard InChI is InChI=1S/C15H23N3O2/c1-12-5-4-9-18(13(12)2)15(19)17-8-10-20-14-6-3-7-16-11-14/h3,6-7,11-13H,4-5,8-10H2,1-2H3,(H,17,19). The van der Waals surface area contributed by atoms with Crippen LogP contribution in [0, 0.1) is 5.92 Å². The highest BCUT2D eigenvalue weighted by atomic mass is 16.5. The fraction of sp³-hybridized carbons (Fsp3) is 0.600. The van der Waals surface area contributed by atoms with Crippen LogP contribution < -0.4 is 10.1 Å². The van der Waals surface area contributed by atoms with Crippen LogP contribution in [0.2, 0.25) is 0 Å². The summed E-state index contributed by atoms with van der Waals surface area (Å²) in [5, 5.41) is 2.92. The van der Waals surface area contributed by atoms with Gasteiger partial charge in [0.25, 0.3) is 0 Å². The molecule has 1 aliphatic heterocycles. The lowest BCUT2D eigenvalue weighted by atomic mass is 9.92. The number of likely N-dealkylation sites (tertiary alicyclic amines) is 1. The Bertz CT molecular complexity index is 424. The van der Waals surface area contributed by atoms with Gasteiger partial charge in [0.1, 0.15) is 12.4 Å². The number of carbonyl (C=O) groups is 1. The van der Waals surface area contributed by atoms with Crippen LogP contribution in [0.25, 0.3) is 0 Å². The molecule has 0 spiro atoms. The molecule has 2 atom stereocenters. The molecule has 2 heterocycles. The Balaban J connectivity index is 1.70. The molecule has 2 rings (SSSR count). The summed E-state index contributed by atoms with van der Waals surface area (Å²) in [4.78, 5) is 18.0. The van der Waals surface area contributed by atoms with E-state index in [0.29, 0.717) is 25.1 Å². The van der Waals surface area contributed by atoms with Crippen molar-refractivity contribution in [1.29, 1.82) is 0 Å². The first kappa shape index (κ1) is 14.6. The first-order chi connectivity index (χ1) is 9.68. The summed E-state index contributed by atoms with van der Waals surface area (Å²) in [5.41, 5.74) is 0. The molecule has 2 amide bonds. The third kappa shape index (κ3) is 3.85. The molecule has 1 aliphatic rings. The highest BCUT2D eigenvalue weighted by molar-refractivity contribution is 5.74. The van der Waals surface area contributed by atoms with Gasteiger partial charge in [0.15, 0.2) is 0 Å². The van der Waals surface area contributed by atoms with Gasteiger partial charge in [-0.2, -0.15) is 0 Å². The summed E-state index contributed by atoms with van der Waals surface area (Å²) in [6.45, 7) is 6.13. The van der Waals surface area contributed by atoms with Gasteiger partial charge in [-0.05, 0) is 37.8 Å². The average molecular weight is 277 g/mol. The maximum atomic E-state index is 12.1. The summed E-state index contributed by atoms with van der Waals surface area (Å²) < 4.78 is 5.50. The molecule has 5 heteroatoms. The Morgan fingerprint density at radius 1 is 1.55 bits per heavy atom. The number of aromatic nitrogens is 1. The van der Waals surface area contributed by atoms with E-state index in [1.807, 2.05) is 17.0 Å². The molecule has 20 heavy (non-hydrogen) atoms. The molecule has 0 saturated carbocycles. The number of pyridine rings is 1. The number of hydrogen-bond donors (Lipinski definition) is 1. The minimum Gasteiger partial charge on any atom is -0.490 e. The zero-order valence-corrected chi connectivity index (χ0v) is 12.2. The summed E-state index contributed by atoms with van der Waals surface area (Å²) in [6.07, 6.45) is 5.66. The van der Waals surface area contributed by atoms with Crippen molar-refractivity contribution in [3.05, 3.63) is 24.5 Å². The second-order valence-corrected chi connectivity index (χ2v) is 5.32. The van der Waals surface area contributed by atoms with Gasteiger partial charge in [0.05, 0.1) is 12.7 Å². The minimum absolute atomic E-state index is 0.0128. The number of piperidine rings is 1. The van der Waals surface area contributed by atoms with E-state index in [4.69, 9.17) is 4.74 Å². The highest BCUT2D eigenvalue weighted by Crippen LogP contribution is 2.22. The smallest absolute Gasteiger partial charge is 0.317 e. The van der Waals surface area contributed by atoms with Crippen LogP contribution >= 0.6 is 0 Å². The third-order valence-electron chi connectivity index (χ3n) is 3.92. The number of urea groups is 1. The SMILES string of the molecule is CC1CCCN(C(=O)NCCOc2cccnc2)C1C. The van der Waals surface area contributed by atoms with Crippen LogP contribution in [0.4, 0.5) is 4.79 Å². The van der Waals surface area contributed by atoms with Crippen molar-refractivity contribution in [2.75, 3.05) is 19.7 Å². The Morgan fingerprint density at radius 3 is 3.15 bits per heavy atom. The number of ether oxygens (including phenoxy) is 1. The van der Waals surface area contributed by atoms with Gasteiger partial charge in [-0.25, -0.2) is 4.79 Å². The molecule has 0 bridgehead atoms. The largest absolute Gasteiger partial charge is 0.490 e. The maximum absolute atomic E-state index is 12.1. The van der Waals surface area contributed by atoms with E-state index >= 15 is 0 Å².